The summed E-state index contributed by atoms with van der Waals surface area (Å²) in [7, 11) is 0. The van der Waals surface area contributed by atoms with Crippen molar-refractivity contribution in [2.24, 2.45) is 5.10 Å². The molecule has 0 bridgehead atoms. The number of halogens is 4. The third kappa shape index (κ3) is 4.22. The minimum absolute atomic E-state index is 0.0489. The molecule has 9 heteroatoms. The molecule has 1 amide bonds. The molecular weight excluding hydrogens is 465 g/mol. The first-order chi connectivity index (χ1) is 13.9. The van der Waals surface area contributed by atoms with Crippen LogP contribution in [0.3, 0.4) is 0 Å². The number of hydrazone groups is 1. The number of aryl methyl sites for hydroxylation is 3. The van der Waals surface area contributed by atoms with Crippen molar-refractivity contribution in [3.63, 3.8) is 0 Å². The van der Waals surface area contributed by atoms with Crippen LogP contribution in [0, 0.1) is 20.8 Å². The molecule has 1 N–H and O–H groups in total. The Balaban J connectivity index is 1.89. The number of alkyl halides is 3. The Morgan fingerprint density at radius 3 is 2.43 bits per heavy atom. The molecule has 1 aliphatic heterocycles. The Morgan fingerprint density at radius 2 is 1.87 bits per heavy atom. The van der Waals surface area contributed by atoms with Gasteiger partial charge in [-0.05, 0) is 49.6 Å². The minimum Gasteiger partial charge on any atom is -0.483 e. The summed E-state index contributed by atoms with van der Waals surface area (Å²) in [6.45, 7) is 4.77. The quantitative estimate of drug-likeness (QED) is 0.687. The van der Waals surface area contributed by atoms with E-state index in [1.54, 1.807) is 38.1 Å². The number of amides is 1. The normalized spacial score (nSPS) is 19.1. The second-order valence-electron chi connectivity index (χ2n) is 7.27. The molecule has 1 heterocycles. The van der Waals surface area contributed by atoms with Gasteiger partial charge < -0.3 is 9.84 Å². The predicted octanol–water partition coefficient (Wildman–Crippen LogP) is 4.64. The standard InChI is InChI=1S/C21H20BrF3N2O3/c1-12-7-13(2)19(14(3)8-12)30-11-18(28)27-20(29,21(23,24)25)10-17(26-27)15-5-4-6-16(22)9-15/h4-9,29H,10-11H2,1-3H3/t20-/m1/s1. The number of carbonyl (C=O) groups is 1. The topological polar surface area (TPSA) is 62.1 Å². The van der Waals surface area contributed by atoms with Gasteiger partial charge in [0, 0.05) is 4.47 Å². The predicted molar refractivity (Wildman–Crippen MR) is 109 cm³/mol. The Hall–Kier alpha value is -2.39. The van der Waals surface area contributed by atoms with Crippen molar-refractivity contribution < 1.29 is 27.8 Å². The van der Waals surface area contributed by atoms with Crippen LogP contribution < -0.4 is 4.74 Å². The van der Waals surface area contributed by atoms with Crippen LogP contribution >= 0.6 is 15.9 Å². The molecular formula is C21H20BrF3N2O3. The van der Waals surface area contributed by atoms with Crippen LogP contribution in [0.5, 0.6) is 5.75 Å². The molecule has 0 saturated heterocycles. The van der Waals surface area contributed by atoms with Crippen molar-refractivity contribution in [3.05, 3.63) is 63.1 Å². The number of rotatable bonds is 4. The summed E-state index contributed by atoms with van der Waals surface area (Å²) in [6.07, 6.45) is -5.98. The average Bonchev–Trinajstić information content (AvgIpc) is 3.00. The zero-order valence-electron chi connectivity index (χ0n) is 16.5. The van der Waals surface area contributed by atoms with Crippen molar-refractivity contribution in [2.45, 2.75) is 39.1 Å². The van der Waals surface area contributed by atoms with Crippen molar-refractivity contribution in [1.82, 2.24) is 5.01 Å². The molecule has 0 radical (unpaired) electrons. The highest BCUT2D eigenvalue weighted by Gasteiger charge is 2.63. The number of carbonyl (C=O) groups excluding carboxylic acids is 1. The molecule has 0 unspecified atom stereocenters. The van der Waals surface area contributed by atoms with Crippen LogP contribution in [-0.2, 0) is 4.79 Å². The Labute approximate surface area is 180 Å². The molecule has 0 spiro atoms. The van der Waals surface area contributed by atoms with E-state index >= 15 is 0 Å². The summed E-state index contributed by atoms with van der Waals surface area (Å²) >= 11 is 3.25. The van der Waals surface area contributed by atoms with Gasteiger partial charge in [0.1, 0.15) is 5.75 Å². The molecule has 30 heavy (non-hydrogen) atoms. The fourth-order valence-electron chi connectivity index (χ4n) is 3.45. The van der Waals surface area contributed by atoms with E-state index < -0.39 is 30.8 Å². The summed E-state index contributed by atoms with van der Waals surface area (Å²) in [4.78, 5) is 12.6. The van der Waals surface area contributed by atoms with Crippen LogP contribution in [-0.4, -0.2) is 40.2 Å². The van der Waals surface area contributed by atoms with Gasteiger partial charge in [0.05, 0.1) is 12.1 Å². The lowest BCUT2D eigenvalue weighted by Crippen LogP contribution is -2.57. The highest BCUT2D eigenvalue weighted by molar-refractivity contribution is 9.10. The Bertz CT molecular complexity index is 1000. The van der Waals surface area contributed by atoms with Gasteiger partial charge in [0.25, 0.3) is 11.6 Å². The smallest absolute Gasteiger partial charge is 0.438 e. The van der Waals surface area contributed by atoms with Crippen molar-refractivity contribution in [2.75, 3.05) is 6.61 Å². The Kier molecular flexibility index (Phi) is 5.97. The van der Waals surface area contributed by atoms with E-state index in [4.69, 9.17) is 4.74 Å². The number of benzene rings is 2. The molecule has 160 valence electrons. The van der Waals surface area contributed by atoms with Gasteiger partial charge in [-0.3, -0.25) is 4.79 Å². The molecule has 1 aliphatic rings. The summed E-state index contributed by atoms with van der Waals surface area (Å²) in [5, 5.41) is 14.3. The summed E-state index contributed by atoms with van der Waals surface area (Å²) in [6, 6.07) is 10.2. The molecule has 2 aromatic rings. The van der Waals surface area contributed by atoms with Crippen LogP contribution in [0.4, 0.5) is 13.2 Å². The molecule has 3 rings (SSSR count). The Morgan fingerprint density at radius 1 is 1.23 bits per heavy atom. The molecule has 0 saturated carbocycles. The zero-order chi connectivity index (χ0) is 22.3. The summed E-state index contributed by atoms with van der Waals surface area (Å²) < 4.78 is 47.2. The van der Waals surface area contributed by atoms with E-state index in [0.29, 0.717) is 15.8 Å². The number of aliphatic hydroxyl groups is 1. The van der Waals surface area contributed by atoms with E-state index in [-0.39, 0.29) is 10.7 Å². The molecule has 0 aromatic heterocycles. The largest absolute Gasteiger partial charge is 0.483 e. The van der Waals surface area contributed by atoms with Gasteiger partial charge in [0.2, 0.25) is 0 Å². The van der Waals surface area contributed by atoms with Crippen LogP contribution in [0.1, 0.15) is 28.7 Å². The molecule has 0 aliphatic carbocycles. The maximum absolute atomic E-state index is 13.7. The summed E-state index contributed by atoms with van der Waals surface area (Å²) in [5.41, 5.74) is -0.613. The lowest BCUT2D eigenvalue weighted by Gasteiger charge is -2.32. The number of nitrogens with zero attached hydrogens (tertiary/aromatic N) is 2. The second kappa shape index (κ2) is 8.03. The van der Waals surface area contributed by atoms with Gasteiger partial charge in [-0.25, -0.2) is 0 Å². The van der Waals surface area contributed by atoms with E-state index in [9.17, 15) is 23.1 Å². The average molecular weight is 485 g/mol. The molecule has 2 aromatic carbocycles. The monoisotopic (exact) mass is 484 g/mol. The lowest BCUT2D eigenvalue weighted by molar-refractivity contribution is -0.302. The van der Waals surface area contributed by atoms with Gasteiger partial charge in [-0.15, -0.1) is 0 Å². The maximum Gasteiger partial charge on any atom is 0.438 e. The van der Waals surface area contributed by atoms with E-state index in [1.807, 2.05) is 19.1 Å². The van der Waals surface area contributed by atoms with Gasteiger partial charge in [-0.1, -0.05) is 45.8 Å². The van der Waals surface area contributed by atoms with Crippen molar-refractivity contribution in [3.8, 4) is 5.75 Å². The fourth-order valence-corrected chi connectivity index (χ4v) is 3.85. The highest BCUT2D eigenvalue weighted by atomic mass is 79.9. The second-order valence-corrected chi connectivity index (χ2v) is 8.19. The number of hydrogen-bond donors (Lipinski definition) is 1. The van der Waals surface area contributed by atoms with E-state index in [2.05, 4.69) is 21.0 Å². The molecule has 5 nitrogen and oxygen atoms in total. The summed E-state index contributed by atoms with van der Waals surface area (Å²) in [5.74, 6) is -0.681. The third-order valence-corrected chi connectivity index (χ3v) is 5.27. The van der Waals surface area contributed by atoms with Crippen LogP contribution in [0.2, 0.25) is 0 Å². The van der Waals surface area contributed by atoms with Gasteiger partial charge >= 0.3 is 6.18 Å². The zero-order valence-corrected chi connectivity index (χ0v) is 18.1. The van der Waals surface area contributed by atoms with E-state index in [0.717, 1.165) is 16.7 Å². The highest BCUT2D eigenvalue weighted by Crippen LogP contribution is 2.41. The molecule has 1 atom stereocenters. The first-order valence-electron chi connectivity index (χ1n) is 9.08. The van der Waals surface area contributed by atoms with Crippen molar-refractivity contribution >= 4 is 27.5 Å². The third-order valence-electron chi connectivity index (χ3n) is 4.78. The number of ether oxygens (including phenoxy) is 1. The van der Waals surface area contributed by atoms with Gasteiger partial charge in [-0.2, -0.15) is 23.3 Å². The first kappa shape index (κ1) is 22.3. The van der Waals surface area contributed by atoms with Crippen molar-refractivity contribution in [1.29, 1.82) is 0 Å². The first-order valence-corrected chi connectivity index (χ1v) is 9.88. The van der Waals surface area contributed by atoms with E-state index in [1.165, 1.54) is 0 Å². The van der Waals surface area contributed by atoms with Crippen LogP contribution in [0.25, 0.3) is 0 Å². The molecule has 0 fully saturated rings. The number of hydrogen-bond acceptors (Lipinski definition) is 4. The minimum atomic E-state index is -5.10. The van der Waals surface area contributed by atoms with Gasteiger partial charge in [0.15, 0.2) is 6.61 Å². The van der Waals surface area contributed by atoms with Crippen LogP contribution in [0.15, 0.2) is 46.0 Å². The maximum atomic E-state index is 13.7. The SMILES string of the molecule is Cc1cc(C)c(OCC(=O)N2N=C(c3cccc(Br)c3)C[C@@]2(O)C(F)(F)F)c(C)c1. The lowest BCUT2D eigenvalue weighted by atomic mass is 10.0. The fraction of sp³-hybridized carbons (Fsp3) is 0.333.